The molecular formula is C9H16N2O. The van der Waals surface area contributed by atoms with E-state index in [0.717, 1.165) is 25.0 Å². The Morgan fingerprint density at radius 1 is 1.67 bits per heavy atom. The van der Waals surface area contributed by atoms with E-state index in [-0.39, 0.29) is 5.91 Å². The molecule has 1 atom stereocenters. The lowest BCUT2D eigenvalue weighted by molar-refractivity contribution is -0.120. The van der Waals surface area contributed by atoms with Gasteiger partial charge >= 0.3 is 0 Å². The van der Waals surface area contributed by atoms with E-state index in [1.807, 2.05) is 0 Å². The Morgan fingerprint density at radius 2 is 2.42 bits per heavy atom. The number of carbonyl (C=O) groups is 1. The molecule has 1 unspecified atom stereocenters. The molecule has 0 bridgehead atoms. The quantitative estimate of drug-likeness (QED) is 0.587. The predicted molar refractivity (Wildman–Crippen MR) is 48.5 cm³/mol. The molecule has 0 spiro atoms. The molecule has 0 saturated carbocycles. The van der Waals surface area contributed by atoms with Crippen molar-refractivity contribution in [2.24, 2.45) is 11.7 Å². The average Bonchev–Trinajstić information content (AvgIpc) is 2.29. The Labute approximate surface area is 73.0 Å². The summed E-state index contributed by atoms with van der Waals surface area (Å²) in [5, 5.41) is 2.83. The van der Waals surface area contributed by atoms with E-state index in [1.165, 1.54) is 0 Å². The summed E-state index contributed by atoms with van der Waals surface area (Å²) in [4.78, 5) is 11.0. The first-order chi connectivity index (χ1) is 5.74. The van der Waals surface area contributed by atoms with E-state index in [4.69, 9.17) is 5.73 Å². The number of hydrogen-bond acceptors (Lipinski definition) is 2. The smallest absolute Gasteiger partial charge is 0.220 e. The van der Waals surface area contributed by atoms with Crippen molar-refractivity contribution >= 4 is 5.91 Å². The van der Waals surface area contributed by atoms with Crippen molar-refractivity contribution in [2.45, 2.75) is 19.3 Å². The van der Waals surface area contributed by atoms with E-state index in [9.17, 15) is 4.79 Å². The minimum atomic E-state index is 0.155. The van der Waals surface area contributed by atoms with Crippen LogP contribution in [0.3, 0.4) is 0 Å². The first kappa shape index (κ1) is 9.26. The number of hydrogen-bond donors (Lipinski definition) is 2. The molecule has 3 N–H and O–H groups in total. The second-order valence-electron chi connectivity index (χ2n) is 3.24. The molecule has 0 aromatic heterocycles. The summed E-state index contributed by atoms with van der Waals surface area (Å²) in [6, 6.07) is 0. The molecule has 1 heterocycles. The van der Waals surface area contributed by atoms with Crippen molar-refractivity contribution in [3.8, 4) is 0 Å². The van der Waals surface area contributed by atoms with Gasteiger partial charge in [-0.05, 0) is 18.8 Å². The van der Waals surface area contributed by atoms with Crippen LogP contribution in [0.4, 0.5) is 0 Å². The molecule has 1 aliphatic heterocycles. The van der Waals surface area contributed by atoms with Crippen LogP contribution in [0.5, 0.6) is 0 Å². The molecule has 0 aliphatic carbocycles. The van der Waals surface area contributed by atoms with Gasteiger partial charge in [0.1, 0.15) is 0 Å². The molecule has 12 heavy (non-hydrogen) atoms. The van der Waals surface area contributed by atoms with Crippen molar-refractivity contribution in [3.05, 3.63) is 12.2 Å². The molecule has 1 aliphatic rings. The van der Waals surface area contributed by atoms with Crippen molar-refractivity contribution in [1.29, 1.82) is 0 Å². The summed E-state index contributed by atoms with van der Waals surface area (Å²) in [7, 11) is 0. The van der Waals surface area contributed by atoms with Crippen LogP contribution in [0.2, 0.25) is 0 Å². The van der Waals surface area contributed by atoms with Gasteiger partial charge < -0.3 is 11.1 Å². The maximum Gasteiger partial charge on any atom is 0.220 e. The molecular weight excluding hydrogens is 152 g/mol. The zero-order valence-electron chi connectivity index (χ0n) is 7.31. The Hall–Kier alpha value is -0.830. The first-order valence-electron chi connectivity index (χ1n) is 4.38. The van der Waals surface area contributed by atoms with Crippen LogP contribution in [0.1, 0.15) is 19.3 Å². The monoisotopic (exact) mass is 168 g/mol. The van der Waals surface area contributed by atoms with Crippen molar-refractivity contribution in [2.75, 3.05) is 13.1 Å². The first-order valence-corrected chi connectivity index (χ1v) is 4.38. The largest absolute Gasteiger partial charge is 0.356 e. The standard InChI is InChI=1S/C9H16N2O/c1-7(6-10)8-2-3-9(12)11-5-4-8/h8H,1-6,10H2,(H,11,12). The van der Waals surface area contributed by atoms with Crippen LogP contribution < -0.4 is 11.1 Å². The van der Waals surface area contributed by atoms with Gasteiger partial charge in [-0.25, -0.2) is 0 Å². The zero-order valence-corrected chi connectivity index (χ0v) is 7.31. The SMILES string of the molecule is C=C(CN)C1CCNC(=O)CC1. The van der Waals surface area contributed by atoms with Gasteiger partial charge in [0.25, 0.3) is 0 Å². The lowest BCUT2D eigenvalue weighted by atomic mass is 9.93. The van der Waals surface area contributed by atoms with Crippen LogP contribution in [0.15, 0.2) is 12.2 Å². The molecule has 1 fully saturated rings. The fourth-order valence-corrected chi connectivity index (χ4v) is 1.50. The molecule has 0 radical (unpaired) electrons. The van der Waals surface area contributed by atoms with Gasteiger partial charge in [-0.3, -0.25) is 4.79 Å². The van der Waals surface area contributed by atoms with Crippen molar-refractivity contribution in [3.63, 3.8) is 0 Å². The molecule has 1 saturated heterocycles. The summed E-state index contributed by atoms with van der Waals surface area (Å²) < 4.78 is 0. The number of carbonyl (C=O) groups excluding carboxylic acids is 1. The Kier molecular flexibility index (Phi) is 3.29. The fourth-order valence-electron chi connectivity index (χ4n) is 1.50. The lowest BCUT2D eigenvalue weighted by Crippen LogP contribution is -2.21. The summed E-state index contributed by atoms with van der Waals surface area (Å²) in [6.07, 6.45) is 2.51. The van der Waals surface area contributed by atoms with E-state index < -0.39 is 0 Å². The van der Waals surface area contributed by atoms with Gasteiger partial charge in [0.15, 0.2) is 0 Å². The van der Waals surface area contributed by atoms with E-state index in [1.54, 1.807) is 0 Å². The minimum absolute atomic E-state index is 0.155. The van der Waals surface area contributed by atoms with Crippen LogP contribution in [-0.2, 0) is 4.79 Å². The summed E-state index contributed by atoms with van der Waals surface area (Å²) in [6.45, 7) is 5.21. The van der Waals surface area contributed by atoms with Crippen LogP contribution >= 0.6 is 0 Å². The highest BCUT2D eigenvalue weighted by Gasteiger charge is 2.17. The maximum atomic E-state index is 11.0. The highest BCUT2D eigenvalue weighted by molar-refractivity contribution is 5.76. The molecule has 3 nitrogen and oxygen atoms in total. The average molecular weight is 168 g/mol. The maximum absolute atomic E-state index is 11.0. The number of nitrogens with two attached hydrogens (primary N) is 1. The van der Waals surface area contributed by atoms with Gasteiger partial charge in [-0.2, -0.15) is 0 Å². The van der Waals surface area contributed by atoms with E-state index in [0.29, 0.717) is 18.9 Å². The van der Waals surface area contributed by atoms with Crippen molar-refractivity contribution in [1.82, 2.24) is 5.32 Å². The Balaban J connectivity index is 2.45. The van der Waals surface area contributed by atoms with Crippen molar-refractivity contribution < 1.29 is 4.79 Å². The minimum Gasteiger partial charge on any atom is -0.356 e. The second kappa shape index (κ2) is 4.26. The highest BCUT2D eigenvalue weighted by atomic mass is 16.1. The fraction of sp³-hybridized carbons (Fsp3) is 0.667. The predicted octanol–water partition coefficient (Wildman–Crippen LogP) is 0.418. The third-order valence-electron chi connectivity index (χ3n) is 2.37. The zero-order chi connectivity index (χ0) is 8.97. The van der Waals surface area contributed by atoms with Gasteiger partial charge in [0.2, 0.25) is 5.91 Å². The second-order valence-corrected chi connectivity index (χ2v) is 3.24. The molecule has 1 amide bonds. The van der Waals surface area contributed by atoms with Crippen LogP contribution in [0, 0.1) is 5.92 Å². The Morgan fingerprint density at radius 3 is 3.08 bits per heavy atom. The highest BCUT2D eigenvalue weighted by Crippen LogP contribution is 2.20. The van der Waals surface area contributed by atoms with Gasteiger partial charge in [0, 0.05) is 19.5 Å². The lowest BCUT2D eigenvalue weighted by Gasteiger charge is -2.14. The third-order valence-corrected chi connectivity index (χ3v) is 2.37. The topological polar surface area (TPSA) is 55.1 Å². The molecule has 0 aromatic rings. The number of nitrogens with one attached hydrogen (secondary N) is 1. The third kappa shape index (κ3) is 2.34. The summed E-state index contributed by atoms with van der Waals surface area (Å²) in [5.41, 5.74) is 6.56. The van der Waals surface area contributed by atoms with E-state index in [2.05, 4.69) is 11.9 Å². The molecule has 3 heteroatoms. The van der Waals surface area contributed by atoms with Crippen LogP contribution in [0.25, 0.3) is 0 Å². The van der Waals surface area contributed by atoms with Gasteiger partial charge in [-0.15, -0.1) is 0 Å². The normalized spacial score (nSPS) is 24.4. The van der Waals surface area contributed by atoms with Gasteiger partial charge in [0.05, 0.1) is 0 Å². The molecule has 68 valence electrons. The summed E-state index contributed by atoms with van der Waals surface area (Å²) in [5.74, 6) is 0.594. The number of amides is 1. The number of rotatable bonds is 2. The molecule has 1 rings (SSSR count). The van der Waals surface area contributed by atoms with Crippen LogP contribution in [-0.4, -0.2) is 19.0 Å². The Bertz CT molecular complexity index is 189. The van der Waals surface area contributed by atoms with Gasteiger partial charge in [-0.1, -0.05) is 12.2 Å². The molecule has 0 aromatic carbocycles. The van der Waals surface area contributed by atoms with E-state index >= 15 is 0 Å². The summed E-state index contributed by atoms with van der Waals surface area (Å²) >= 11 is 0.